The van der Waals surface area contributed by atoms with Crippen molar-refractivity contribution in [1.82, 2.24) is 19.7 Å². The molecule has 0 aromatic carbocycles. The largest absolute Gasteiger partial charge is 0.328 e. The molecule has 0 spiro atoms. The maximum Gasteiger partial charge on any atom is 0.259 e. The molecule has 0 aliphatic rings. The zero-order valence-corrected chi connectivity index (χ0v) is 10.5. The van der Waals surface area contributed by atoms with Crippen LogP contribution in [0.25, 0.3) is 11.4 Å². The third-order valence-corrected chi connectivity index (χ3v) is 2.68. The highest BCUT2D eigenvalue weighted by molar-refractivity contribution is 7.71. The van der Waals surface area contributed by atoms with Crippen molar-refractivity contribution in [2.45, 2.75) is 20.4 Å². The van der Waals surface area contributed by atoms with E-state index in [0.717, 1.165) is 6.54 Å². The van der Waals surface area contributed by atoms with Crippen molar-refractivity contribution in [3.63, 3.8) is 0 Å². The number of rotatable bonds is 3. The first-order chi connectivity index (χ1) is 8.09. The molecule has 2 rings (SSSR count). The summed E-state index contributed by atoms with van der Waals surface area (Å²) in [6.07, 6.45) is 1.60. The van der Waals surface area contributed by atoms with Crippen molar-refractivity contribution in [1.29, 1.82) is 0 Å². The van der Waals surface area contributed by atoms with E-state index in [0.29, 0.717) is 22.1 Å². The van der Waals surface area contributed by atoms with Gasteiger partial charge in [0.25, 0.3) is 5.56 Å². The van der Waals surface area contributed by atoms with Crippen LogP contribution in [0.2, 0.25) is 0 Å². The summed E-state index contributed by atoms with van der Waals surface area (Å²) in [7, 11) is 0. The average molecular weight is 250 g/mol. The van der Waals surface area contributed by atoms with Gasteiger partial charge in [-0.1, -0.05) is 13.8 Å². The predicted octanol–water partition coefficient (Wildman–Crippen LogP) is 1.95. The number of aromatic amines is 2. The Morgan fingerprint density at radius 2 is 2.29 bits per heavy atom. The lowest BCUT2D eigenvalue weighted by Gasteiger charge is -2.08. The minimum atomic E-state index is -0.161. The van der Waals surface area contributed by atoms with Crippen molar-refractivity contribution < 1.29 is 0 Å². The van der Waals surface area contributed by atoms with E-state index < -0.39 is 0 Å². The summed E-state index contributed by atoms with van der Waals surface area (Å²) in [6.45, 7) is 4.92. The van der Waals surface area contributed by atoms with Gasteiger partial charge in [0.05, 0.1) is 5.56 Å². The molecular weight excluding hydrogens is 236 g/mol. The molecule has 5 nitrogen and oxygen atoms in total. The van der Waals surface area contributed by atoms with Crippen LogP contribution in [0.4, 0.5) is 0 Å². The Hall–Kier alpha value is -1.69. The van der Waals surface area contributed by atoms with Crippen molar-refractivity contribution in [3.05, 3.63) is 33.5 Å². The molecule has 0 amide bonds. The first kappa shape index (κ1) is 11.8. The van der Waals surface area contributed by atoms with Gasteiger partial charge < -0.3 is 4.98 Å². The molecular formula is C11H14N4OS. The van der Waals surface area contributed by atoms with E-state index in [1.165, 1.54) is 0 Å². The lowest BCUT2D eigenvalue weighted by Crippen LogP contribution is -2.13. The molecule has 2 aromatic heterocycles. The molecule has 2 aromatic rings. The molecule has 0 aliphatic heterocycles. The molecule has 0 fully saturated rings. The van der Waals surface area contributed by atoms with Crippen LogP contribution in [0.3, 0.4) is 0 Å². The maximum absolute atomic E-state index is 11.7. The first-order valence-corrected chi connectivity index (χ1v) is 5.83. The molecule has 0 unspecified atom stereocenters. The second-order valence-electron chi connectivity index (χ2n) is 4.27. The van der Waals surface area contributed by atoms with Gasteiger partial charge in [0, 0.05) is 12.7 Å². The minimum absolute atomic E-state index is 0.161. The SMILES string of the molecule is CC(C)Cn1c(-c2ccc[nH]c2=O)n[nH]c1=S. The van der Waals surface area contributed by atoms with Gasteiger partial charge in [-0.05, 0) is 30.3 Å². The Balaban J connectivity index is 2.57. The molecule has 6 heteroatoms. The van der Waals surface area contributed by atoms with Crippen LogP contribution >= 0.6 is 12.2 Å². The summed E-state index contributed by atoms with van der Waals surface area (Å²) < 4.78 is 2.39. The molecule has 2 N–H and O–H groups in total. The van der Waals surface area contributed by atoms with Crippen LogP contribution in [0.1, 0.15) is 13.8 Å². The maximum atomic E-state index is 11.7. The van der Waals surface area contributed by atoms with Crippen molar-refractivity contribution in [2.24, 2.45) is 5.92 Å². The van der Waals surface area contributed by atoms with Gasteiger partial charge in [-0.25, -0.2) is 0 Å². The van der Waals surface area contributed by atoms with Crippen LogP contribution in [0, 0.1) is 10.7 Å². The van der Waals surface area contributed by atoms with Gasteiger partial charge in [0.1, 0.15) is 0 Å². The Labute approximate surface area is 104 Å². The molecule has 0 radical (unpaired) electrons. The summed E-state index contributed by atoms with van der Waals surface area (Å²) in [4.78, 5) is 14.3. The summed E-state index contributed by atoms with van der Waals surface area (Å²) >= 11 is 5.17. The lowest BCUT2D eigenvalue weighted by atomic mass is 10.2. The van der Waals surface area contributed by atoms with E-state index in [9.17, 15) is 4.79 Å². The third-order valence-electron chi connectivity index (χ3n) is 2.37. The molecule has 90 valence electrons. The van der Waals surface area contributed by atoms with Gasteiger partial charge in [-0.2, -0.15) is 5.10 Å². The molecule has 0 atom stereocenters. The molecule has 0 aliphatic carbocycles. The van der Waals surface area contributed by atoms with E-state index in [1.54, 1.807) is 18.3 Å². The highest BCUT2D eigenvalue weighted by Crippen LogP contribution is 2.14. The topological polar surface area (TPSA) is 66.5 Å². The zero-order valence-electron chi connectivity index (χ0n) is 9.73. The Morgan fingerprint density at radius 3 is 2.94 bits per heavy atom. The Bertz CT molecular complexity index is 623. The van der Waals surface area contributed by atoms with E-state index in [1.807, 2.05) is 4.57 Å². The van der Waals surface area contributed by atoms with E-state index >= 15 is 0 Å². The standard InChI is InChI=1S/C11H14N4OS/c1-7(2)6-15-9(13-14-11(15)17)8-4-3-5-12-10(8)16/h3-5,7H,6H2,1-2H3,(H,12,16)(H,14,17). The molecule has 2 heterocycles. The summed E-state index contributed by atoms with van der Waals surface area (Å²) in [5, 5.41) is 6.86. The quantitative estimate of drug-likeness (QED) is 0.818. The van der Waals surface area contributed by atoms with Crippen LogP contribution < -0.4 is 5.56 Å². The second kappa shape index (κ2) is 4.67. The van der Waals surface area contributed by atoms with E-state index in [4.69, 9.17) is 12.2 Å². The molecule has 0 saturated heterocycles. The normalized spacial score (nSPS) is 11.0. The number of hydrogen-bond donors (Lipinski definition) is 2. The van der Waals surface area contributed by atoms with Crippen LogP contribution in [0.15, 0.2) is 23.1 Å². The average Bonchev–Trinajstić information content (AvgIpc) is 2.61. The fraction of sp³-hybridized carbons (Fsp3) is 0.364. The van der Waals surface area contributed by atoms with Crippen molar-refractivity contribution >= 4 is 12.2 Å². The van der Waals surface area contributed by atoms with Crippen molar-refractivity contribution in [3.8, 4) is 11.4 Å². The van der Waals surface area contributed by atoms with Gasteiger partial charge in [0.2, 0.25) is 0 Å². The smallest absolute Gasteiger partial charge is 0.259 e. The van der Waals surface area contributed by atoms with Gasteiger partial charge >= 0.3 is 0 Å². The van der Waals surface area contributed by atoms with Crippen LogP contribution in [0.5, 0.6) is 0 Å². The summed E-state index contributed by atoms with van der Waals surface area (Å²) in [5.74, 6) is 1.02. The molecule has 0 bridgehead atoms. The lowest BCUT2D eigenvalue weighted by molar-refractivity contribution is 0.521. The number of H-pyrrole nitrogens is 2. The van der Waals surface area contributed by atoms with Crippen LogP contribution in [-0.2, 0) is 6.54 Å². The summed E-state index contributed by atoms with van der Waals surface area (Å²) in [6, 6.07) is 3.51. The first-order valence-electron chi connectivity index (χ1n) is 5.43. The van der Waals surface area contributed by atoms with Crippen molar-refractivity contribution in [2.75, 3.05) is 0 Å². The number of pyridine rings is 1. The van der Waals surface area contributed by atoms with Gasteiger partial charge in [-0.15, -0.1) is 0 Å². The zero-order chi connectivity index (χ0) is 12.4. The van der Waals surface area contributed by atoms with E-state index in [-0.39, 0.29) is 5.56 Å². The number of nitrogens with one attached hydrogen (secondary N) is 2. The fourth-order valence-corrected chi connectivity index (χ4v) is 1.86. The highest BCUT2D eigenvalue weighted by atomic mass is 32.1. The number of hydrogen-bond acceptors (Lipinski definition) is 3. The minimum Gasteiger partial charge on any atom is -0.328 e. The molecule has 0 saturated carbocycles. The predicted molar refractivity (Wildman–Crippen MR) is 68.3 cm³/mol. The van der Waals surface area contributed by atoms with Gasteiger partial charge in [0.15, 0.2) is 10.6 Å². The number of nitrogens with zero attached hydrogens (tertiary/aromatic N) is 2. The van der Waals surface area contributed by atoms with Gasteiger partial charge in [-0.3, -0.25) is 14.5 Å². The Morgan fingerprint density at radius 1 is 1.53 bits per heavy atom. The summed E-state index contributed by atoms with van der Waals surface area (Å²) in [5.41, 5.74) is 0.368. The Kier molecular flexibility index (Phi) is 3.23. The molecule has 17 heavy (non-hydrogen) atoms. The van der Waals surface area contributed by atoms with E-state index in [2.05, 4.69) is 29.0 Å². The van der Waals surface area contributed by atoms with Crippen LogP contribution in [-0.4, -0.2) is 19.7 Å². The highest BCUT2D eigenvalue weighted by Gasteiger charge is 2.12. The monoisotopic (exact) mass is 250 g/mol. The number of aromatic nitrogens is 4. The third kappa shape index (κ3) is 2.36. The fourth-order valence-electron chi connectivity index (χ4n) is 1.66. The second-order valence-corrected chi connectivity index (χ2v) is 4.66.